The van der Waals surface area contributed by atoms with Gasteiger partial charge in [-0.05, 0) is 12.1 Å². The van der Waals surface area contributed by atoms with Gasteiger partial charge >= 0.3 is 0 Å². The molecule has 2 N–H and O–H groups in total. The molecule has 0 aromatic heterocycles. The highest BCUT2D eigenvalue weighted by Crippen LogP contribution is 2.31. The van der Waals surface area contributed by atoms with E-state index in [0.717, 1.165) is 5.69 Å². The SMILES string of the molecule is CN1C(=O)CN=C(c2ccccc2NCCO)c2cc([N+](=O)[O-])ccc21. The van der Waals surface area contributed by atoms with Gasteiger partial charge in [-0.3, -0.25) is 19.9 Å². The van der Waals surface area contributed by atoms with Gasteiger partial charge in [0.1, 0.15) is 6.54 Å². The van der Waals surface area contributed by atoms with Crippen molar-refractivity contribution in [1.29, 1.82) is 0 Å². The summed E-state index contributed by atoms with van der Waals surface area (Å²) in [4.78, 5) is 28.9. The molecule has 0 aliphatic carbocycles. The van der Waals surface area contributed by atoms with Crippen LogP contribution in [-0.2, 0) is 4.79 Å². The minimum Gasteiger partial charge on any atom is -0.395 e. The summed E-state index contributed by atoms with van der Waals surface area (Å²) >= 11 is 0. The maximum absolute atomic E-state index is 12.3. The fraction of sp³-hybridized carbons (Fsp3) is 0.222. The maximum atomic E-state index is 12.3. The highest BCUT2D eigenvalue weighted by Gasteiger charge is 2.25. The number of aliphatic hydroxyl groups excluding tert-OH is 1. The number of fused-ring (bicyclic) bond motifs is 1. The van der Waals surface area contributed by atoms with Gasteiger partial charge in [0.25, 0.3) is 5.69 Å². The summed E-state index contributed by atoms with van der Waals surface area (Å²) in [7, 11) is 1.63. The first-order chi connectivity index (χ1) is 12.5. The van der Waals surface area contributed by atoms with E-state index in [9.17, 15) is 14.9 Å². The lowest BCUT2D eigenvalue weighted by Crippen LogP contribution is -2.27. The van der Waals surface area contributed by atoms with Crippen molar-refractivity contribution in [3.63, 3.8) is 0 Å². The lowest BCUT2D eigenvalue weighted by atomic mass is 9.98. The molecule has 134 valence electrons. The number of nitro benzene ring substituents is 1. The molecule has 1 heterocycles. The van der Waals surface area contributed by atoms with Crippen LogP contribution in [0.4, 0.5) is 17.1 Å². The molecule has 1 amide bonds. The molecule has 0 spiro atoms. The molecule has 1 aliphatic rings. The number of aliphatic hydroxyl groups is 1. The van der Waals surface area contributed by atoms with E-state index in [1.54, 1.807) is 13.1 Å². The second kappa shape index (κ2) is 7.32. The quantitative estimate of drug-likeness (QED) is 0.629. The third-order valence-corrected chi connectivity index (χ3v) is 4.16. The number of aliphatic imine (C=N–C) groups is 1. The molecule has 2 aromatic carbocycles. The van der Waals surface area contributed by atoms with Crippen LogP contribution in [0.2, 0.25) is 0 Å². The molecular formula is C18H18N4O4. The van der Waals surface area contributed by atoms with E-state index in [1.807, 2.05) is 24.3 Å². The van der Waals surface area contributed by atoms with E-state index in [0.29, 0.717) is 29.1 Å². The van der Waals surface area contributed by atoms with E-state index < -0.39 is 4.92 Å². The summed E-state index contributed by atoms with van der Waals surface area (Å²) in [5.41, 5.74) is 2.96. The van der Waals surface area contributed by atoms with Crippen molar-refractivity contribution >= 4 is 28.7 Å². The minimum atomic E-state index is -0.472. The van der Waals surface area contributed by atoms with Gasteiger partial charge in [0.05, 0.1) is 22.9 Å². The Morgan fingerprint density at radius 2 is 2.04 bits per heavy atom. The summed E-state index contributed by atoms with van der Waals surface area (Å²) in [5, 5.41) is 23.4. The molecule has 0 atom stereocenters. The number of benzodiazepines with no additional fused rings is 1. The van der Waals surface area contributed by atoms with Crippen molar-refractivity contribution in [3.8, 4) is 0 Å². The number of hydrogen-bond donors (Lipinski definition) is 2. The number of amides is 1. The Labute approximate surface area is 149 Å². The normalized spacial score (nSPS) is 13.7. The Morgan fingerprint density at radius 1 is 1.27 bits per heavy atom. The number of nitrogens with one attached hydrogen (secondary N) is 1. The highest BCUT2D eigenvalue weighted by atomic mass is 16.6. The number of rotatable bonds is 5. The minimum absolute atomic E-state index is 0.0376. The molecule has 3 rings (SSSR count). The van der Waals surface area contributed by atoms with Gasteiger partial charge in [0, 0.05) is 42.5 Å². The van der Waals surface area contributed by atoms with Crippen LogP contribution < -0.4 is 10.2 Å². The number of anilines is 2. The van der Waals surface area contributed by atoms with Crippen LogP contribution >= 0.6 is 0 Å². The Hall–Kier alpha value is -3.26. The van der Waals surface area contributed by atoms with E-state index in [1.165, 1.54) is 17.0 Å². The molecular weight excluding hydrogens is 336 g/mol. The molecule has 26 heavy (non-hydrogen) atoms. The van der Waals surface area contributed by atoms with Crippen LogP contribution in [0.25, 0.3) is 0 Å². The Bertz CT molecular complexity index is 895. The van der Waals surface area contributed by atoms with Crippen LogP contribution in [0.15, 0.2) is 47.5 Å². The average molecular weight is 354 g/mol. The topological polar surface area (TPSA) is 108 Å². The van der Waals surface area contributed by atoms with E-state index in [2.05, 4.69) is 10.3 Å². The fourth-order valence-corrected chi connectivity index (χ4v) is 2.86. The summed E-state index contributed by atoms with van der Waals surface area (Å²) in [6.45, 7) is 0.262. The van der Waals surface area contributed by atoms with Gasteiger partial charge in [0.15, 0.2) is 0 Å². The van der Waals surface area contributed by atoms with E-state index in [-0.39, 0.29) is 24.7 Å². The average Bonchev–Trinajstić information content (AvgIpc) is 2.77. The zero-order valence-electron chi connectivity index (χ0n) is 14.2. The summed E-state index contributed by atoms with van der Waals surface area (Å²) < 4.78 is 0. The first-order valence-corrected chi connectivity index (χ1v) is 8.07. The smallest absolute Gasteiger partial charge is 0.270 e. The van der Waals surface area contributed by atoms with Gasteiger partial charge in [-0.2, -0.15) is 0 Å². The molecule has 0 saturated carbocycles. The summed E-state index contributed by atoms with van der Waals surface area (Å²) in [6, 6.07) is 11.7. The molecule has 0 bridgehead atoms. The molecule has 1 aliphatic heterocycles. The number of non-ortho nitro benzene ring substituents is 1. The number of benzene rings is 2. The fourth-order valence-electron chi connectivity index (χ4n) is 2.86. The second-order valence-electron chi connectivity index (χ2n) is 5.77. The molecule has 0 fully saturated rings. The highest BCUT2D eigenvalue weighted by molar-refractivity contribution is 6.21. The zero-order valence-corrected chi connectivity index (χ0v) is 14.2. The zero-order chi connectivity index (χ0) is 18.7. The van der Waals surface area contributed by atoms with Crippen LogP contribution in [-0.4, -0.2) is 48.4 Å². The number of hydrogen-bond acceptors (Lipinski definition) is 6. The third kappa shape index (κ3) is 3.27. The molecule has 0 unspecified atom stereocenters. The summed E-state index contributed by atoms with van der Waals surface area (Å²) in [5.74, 6) is -0.198. The standard InChI is InChI=1S/C18H18N4O4/c1-21-16-7-6-12(22(25)26)10-14(16)18(20-11-17(21)24)13-4-2-3-5-15(13)19-8-9-23/h2-7,10,19,23H,8-9,11H2,1H3. The number of likely N-dealkylation sites (N-methyl/N-ethyl adjacent to an activating group) is 1. The van der Waals surface area contributed by atoms with Crippen LogP contribution in [0.3, 0.4) is 0 Å². The maximum Gasteiger partial charge on any atom is 0.270 e. The van der Waals surface area contributed by atoms with Crippen molar-refractivity contribution in [1.82, 2.24) is 0 Å². The Balaban J connectivity index is 2.19. The van der Waals surface area contributed by atoms with Crippen molar-refractivity contribution in [2.75, 3.05) is 37.0 Å². The van der Waals surface area contributed by atoms with Gasteiger partial charge in [-0.15, -0.1) is 0 Å². The lowest BCUT2D eigenvalue weighted by Gasteiger charge is -2.18. The van der Waals surface area contributed by atoms with Crippen LogP contribution in [0.1, 0.15) is 11.1 Å². The number of para-hydroxylation sites is 1. The van der Waals surface area contributed by atoms with Crippen LogP contribution in [0.5, 0.6) is 0 Å². The van der Waals surface area contributed by atoms with Crippen LogP contribution in [0, 0.1) is 10.1 Å². The van der Waals surface area contributed by atoms with Gasteiger partial charge in [0.2, 0.25) is 5.91 Å². The van der Waals surface area contributed by atoms with Crippen molar-refractivity contribution in [2.24, 2.45) is 4.99 Å². The lowest BCUT2D eigenvalue weighted by molar-refractivity contribution is -0.384. The van der Waals surface area contributed by atoms with E-state index in [4.69, 9.17) is 5.11 Å². The van der Waals surface area contributed by atoms with Gasteiger partial charge in [-0.25, -0.2) is 0 Å². The van der Waals surface area contributed by atoms with Gasteiger partial charge in [-0.1, -0.05) is 18.2 Å². The molecule has 0 radical (unpaired) electrons. The second-order valence-corrected chi connectivity index (χ2v) is 5.77. The van der Waals surface area contributed by atoms with E-state index >= 15 is 0 Å². The number of carbonyl (C=O) groups is 1. The van der Waals surface area contributed by atoms with Crippen molar-refractivity contribution in [3.05, 3.63) is 63.7 Å². The predicted molar refractivity (Wildman–Crippen MR) is 99.0 cm³/mol. The third-order valence-electron chi connectivity index (χ3n) is 4.16. The Kier molecular flexibility index (Phi) is 4.94. The predicted octanol–water partition coefficient (Wildman–Crippen LogP) is 1.81. The van der Waals surface area contributed by atoms with Crippen molar-refractivity contribution in [2.45, 2.75) is 0 Å². The Morgan fingerprint density at radius 3 is 2.77 bits per heavy atom. The molecule has 8 nitrogen and oxygen atoms in total. The van der Waals surface area contributed by atoms with Gasteiger partial charge < -0.3 is 15.3 Å². The largest absolute Gasteiger partial charge is 0.395 e. The summed E-state index contributed by atoms with van der Waals surface area (Å²) in [6.07, 6.45) is 0. The number of nitrogens with zero attached hydrogens (tertiary/aromatic N) is 3. The molecule has 8 heteroatoms. The first kappa shape index (κ1) is 17.6. The number of nitro groups is 1. The van der Waals surface area contributed by atoms with Crippen molar-refractivity contribution < 1.29 is 14.8 Å². The molecule has 0 saturated heterocycles. The monoisotopic (exact) mass is 354 g/mol. The number of carbonyl (C=O) groups excluding carboxylic acids is 1. The molecule has 2 aromatic rings. The first-order valence-electron chi connectivity index (χ1n) is 8.07.